The van der Waals surface area contributed by atoms with Crippen molar-refractivity contribution in [2.45, 2.75) is 106 Å². The third-order valence-corrected chi connectivity index (χ3v) is 8.34. The van der Waals surface area contributed by atoms with Crippen molar-refractivity contribution in [3.05, 3.63) is 47.5 Å². The van der Waals surface area contributed by atoms with Crippen molar-refractivity contribution < 1.29 is 28.5 Å². The summed E-state index contributed by atoms with van der Waals surface area (Å²) in [6, 6.07) is 11.7. The minimum atomic E-state index is -0.717. The van der Waals surface area contributed by atoms with Gasteiger partial charge in [-0.2, -0.15) is 0 Å². The minimum Gasteiger partial charge on any atom is -0.434 e. The largest absolute Gasteiger partial charge is 0.513 e. The van der Waals surface area contributed by atoms with Crippen LogP contribution in [0.4, 0.5) is 9.59 Å². The first-order chi connectivity index (χ1) is 20.4. The monoisotopic (exact) mass is 578 g/mol. The van der Waals surface area contributed by atoms with Crippen LogP contribution in [-0.2, 0) is 22.3 Å². The number of benzene rings is 3. The SMILES string of the molecule is CCCCC(CC)COC(=O)Oc1c2cccc(CC)c2c(OC(=O)OCC(CC)CCCC)c2cccc(CC)c12. The quantitative estimate of drug-likeness (QED) is 0.0956. The molecule has 42 heavy (non-hydrogen) atoms. The van der Waals surface area contributed by atoms with E-state index in [0.717, 1.165) is 73.3 Å². The van der Waals surface area contributed by atoms with Gasteiger partial charge in [0.15, 0.2) is 11.5 Å². The molecule has 0 N–H and O–H groups in total. The van der Waals surface area contributed by atoms with Gasteiger partial charge in [0.1, 0.15) is 0 Å². The molecular weight excluding hydrogens is 528 g/mol. The third kappa shape index (κ3) is 8.39. The molecule has 0 saturated heterocycles. The van der Waals surface area contributed by atoms with Gasteiger partial charge in [0.2, 0.25) is 0 Å². The van der Waals surface area contributed by atoms with Crippen LogP contribution in [0.1, 0.15) is 104 Å². The van der Waals surface area contributed by atoms with E-state index in [4.69, 9.17) is 18.9 Å². The van der Waals surface area contributed by atoms with E-state index in [1.165, 1.54) is 0 Å². The van der Waals surface area contributed by atoms with Gasteiger partial charge < -0.3 is 18.9 Å². The zero-order chi connectivity index (χ0) is 30.5. The van der Waals surface area contributed by atoms with E-state index >= 15 is 0 Å². The summed E-state index contributed by atoms with van der Waals surface area (Å²) in [5, 5.41) is 2.89. The fraction of sp³-hybridized carbons (Fsp3) is 0.556. The average molecular weight is 579 g/mol. The molecule has 0 spiro atoms. The van der Waals surface area contributed by atoms with Gasteiger partial charge in [-0.3, -0.25) is 0 Å². The molecule has 2 atom stereocenters. The second-order valence-corrected chi connectivity index (χ2v) is 11.2. The zero-order valence-corrected chi connectivity index (χ0v) is 26.6. The van der Waals surface area contributed by atoms with Crippen LogP contribution in [0.15, 0.2) is 36.4 Å². The summed E-state index contributed by atoms with van der Waals surface area (Å²) in [6.07, 6.45) is 8.33. The molecule has 0 bridgehead atoms. The summed E-state index contributed by atoms with van der Waals surface area (Å²) in [6.45, 7) is 13.3. The number of hydrogen-bond donors (Lipinski definition) is 0. The van der Waals surface area contributed by atoms with E-state index in [1.54, 1.807) is 0 Å². The maximum Gasteiger partial charge on any atom is 0.513 e. The fourth-order valence-electron chi connectivity index (χ4n) is 5.58. The van der Waals surface area contributed by atoms with Crippen LogP contribution in [0.3, 0.4) is 0 Å². The Labute approximate surface area is 252 Å². The number of carbonyl (C=O) groups excluding carboxylic acids is 2. The highest BCUT2D eigenvalue weighted by Crippen LogP contribution is 2.46. The van der Waals surface area contributed by atoms with Crippen molar-refractivity contribution in [2.24, 2.45) is 11.8 Å². The van der Waals surface area contributed by atoms with Crippen LogP contribution >= 0.6 is 0 Å². The predicted octanol–water partition coefficient (Wildman–Crippen LogP) is 10.6. The van der Waals surface area contributed by atoms with Crippen LogP contribution in [0.5, 0.6) is 11.5 Å². The highest BCUT2D eigenvalue weighted by molar-refractivity contribution is 6.14. The Hall–Kier alpha value is -3.28. The van der Waals surface area contributed by atoms with Crippen LogP contribution < -0.4 is 9.47 Å². The number of rotatable bonds is 16. The van der Waals surface area contributed by atoms with E-state index in [1.807, 2.05) is 36.4 Å². The van der Waals surface area contributed by atoms with Gasteiger partial charge in [0.25, 0.3) is 0 Å². The van der Waals surface area contributed by atoms with Crippen molar-refractivity contribution in [1.29, 1.82) is 0 Å². The van der Waals surface area contributed by atoms with Crippen molar-refractivity contribution in [3.63, 3.8) is 0 Å². The molecule has 0 fully saturated rings. The lowest BCUT2D eigenvalue weighted by atomic mass is 9.93. The highest BCUT2D eigenvalue weighted by Gasteiger charge is 2.25. The van der Waals surface area contributed by atoms with Gasteiger partial charge in [0, 0.05) is 21.5 Å². The smallest absolute Gasteiger partial charge is 0.434 e. The second kappa shape index (κ2) is 17.0. The van der Waals surface area contributed by atoms with E-state index in [9.17, 15) is 9.59 Å². The molecule has 2 unspecified atom stereocenters. The first kappa shape index (κ1) is 33.2. The standard InChI is InChI=1S/C36H50O6/c1-7-13-17-25(9-3)23-39-35(37)41-33-29-21-15-20-28(12-6)32(29)34(30-22-16-19-27(11-5)31(30)33)42-36(38)40-24-26(10-4)18-14-8-2/h15-16,19-22,25-26H,7-14,17-18,23-24H2,1-6H3. The first-order valence-electron chi connectivity index (χ1n) is 16.1. The molecule has 0 radical (unpaired) electrons. The molecule has 3 aromatic carbocycles. The molecular formula is C36H50O6. The molecule has 3 rings (SSSR count). The molecule has 6 heteroatoms. The Kier molecular flexibility index (Phi) is 13.4. The van der Waals surface area contributed by atoms with Crippen LogP contribution in [0.2, 0.25) is 0 Å². The normalized spacial score (nSPS) is 12.7. The summed E-state index contributed by atoms with van der Waals surface area (Å²) in [5.74, 6) is 1.48. The molecule has 0 aliphatic carbocycles. The summed E-state index contributed by atoms with van der Waals surface area (Å²) in [7, 11) is 0. The third-order valence-electron chi connectivity index (χ3n) is 8.34. The summed E-state index contributed by atoms with van der Waals surface area (Å²) in [4.78, 5) is 26.2. The lowest BCUT2D eigenvalue weighted by Crippen LogP contribution is -2.18. The van der Waals surface area contributed by atoms with Crippen molar-refractivity contribution >= 4 is 33.9 Å². The van der Waals surface area contributed by atoms with E-state index < -0.39 is 12.3 Å². The minimum absolute atomic E-state index is 0.306. The number of unbranched alkanes of at least 4 members (excludes halogenated alkanes) is 2. The lowest BCUT2D eigenvalue weighted by molar-refractivity contribution is 0.0805. The Bertz CT molecular complexity index is 1210. The second-order valence-electron chi connectivity index (χ2n) is 11.2. The number of hydrogen-bond acceptors (Lipinski definition) is 6. The molecule has 0 heterocycles. The molecule has 0 aliphatic rings. The first-order valence-corrected chi connectivity index (χ1v) is 16.1. The lowest BCUT2D eigenvalue weighted by Gasteiger charge is -2.20. The predicted molar refractivity (Wildman–Crippen MR) is 171 cm³/mol. The number of carbonyl (C=O) groups is 2. The molecule has 0 aromatic heterocycles. The van der Waals surface area contributed by atoms with Gasteiger partial charge in [0.05, 0.1) is 13.2 Å². The Morgan fingerprint density at radius 1 is 0.619 bits per heavy atom. The highest BCUT2D eigenvalue weighted by atomic mass is 16.7. The summed E-state index contributed by atoms with van der Waals surface area (Å²) < 4.78 is 23.4. The van der Waals surface area contributed by atoms with Crippen molar-refractivity contribution in [3.8, 4) is 11.5 Å². The number of fused-ring (bicyclic) bond motifs is 2. The maximum atomic E-state index is 13.1. The van der Waals surface area contributed by atoms with E-state index in [0.29, 0.717) is 60.2 Å². The van der Waals surface area contributed by atoms with Crippen molar-refractivity contribution in [2.75, 3.05) is 13.2 Å². The van der Waals surface area contributed by atoms with Gasteiger partial charge >= 0.3 is 12.3 Å². The van der Waals surface area contributed by atoms with Gasteiger partial charge in [-0.15, -0.1) is 0 Å². The zero-order valence-electron chi connectivity index (χ0n) is 26.6. The van der Waals surface area contributed by atoms with Crippen LogP contribution in [0, 0.1) is 11.8 Å². The van der Waals surface area contributed by atoms with Crippen LogP contribution in [0.25, 0.3) is 21.5 Å². The van der Waals surface area contributed by atoms with E-state index in [2.05, 4.69) is 41.5 Å². The summed E-state index contributed by atoms with van der Waals surface area (Å²) >= 11 is 0. The van der Waals surface area contributed by atoms with Crippen molar-refractivity contribution in [1.82, 2.24) is 0 Å². The average Bonchev–Trinajstić information content (AvgIpc) is 3.01. The topological polar surface area (TPSA) is 71.1 Å². The maximum absolute atomic E-state index is 13.1. The molecule has 0 amide bonds. The Morgan fingerprint density at radius 2 is 1.02 bits per heavy atom. The Morgan fingerprint density at radius 3 is 1.36 bits per heavy atom. The van der Waals surface area contributed by atoms with E-state index in [-0.39, 0.29) is 0 Å². The van der Waals surface area contributed by atoms with Gasteiger partial charge in [-0.05, 0) is 48.6 Å². The summed E-state index contributed by atoms with van der Waals surface area (Å²) in [5.41, 5.74) is 1.97. The Balaban J connectivity index is 2.04. The van der Waals surface area contributed by atoms with Gasteiger partial charge in [-0.25, -0.2) is 9.59 Å². The molecule has 0 aliphatic heterocycles. The van der Waals surface area contributed by atoms with Gasteiger partial charge in [-0.1, -0.05) is 116 Å². The molecule has 230 valence electrons. The fourth-order valence-corrected chi connectivity index (χ4v) is 5.58. The molecule has 3 aromatic rings. The number of aryl methyl sites for hydroxylation is 2. The number of ether oxygens (including phenoxy) is 4. The van der Waals surface area contributed by atoms with Crippen LogP contribution in [-0.4, -0.2) is 25.5 Å². The molecule has 0 saturated carbocycles. The molecule has 6 nitrogen and oxygen atoms in total.